The third-order valence-corrected chi connectivity index (χ3v) is 4.63. The van der Waals surface area contributed by atoms with E-state index < -0.39 is 0 Å². The molecular formula is C12H14N8S. The third kappa shape index (κ3) is 2.27. The van der Waals surface area contributed by atoms with Crippen LogP contribution in [0.15, 0.2) is 22.6 Å². The standard InChI is InChI=1S/C12H14N8S/c1-8-6-10(20-11(15-8)13-7-14-20)21-12-16-17-18-19(12)9-4-2-3-5-9/h6-7,9H,2-5H2,1H3. The lowest BCUT2D eigenvalue weighted by Crippen LogP contribution is -2.08. The Morgan fingerprint density at radius 2 is 2.14 bits per heavy atom. The molecule has 3 aromatic rings. The van der Waals surface area contributed by atoms with Gasteiger partial charge in [-0.15, -0.1) is 5.10 Å². The van der Waals surface area contributed by atoms with Crippen molar-refractivity contribution in [3.05, 3.63) is 18.1 Å². The predicted octanol–water partition coefficient (Wildman–Crippen LogP) is 1.69. The van der Waals surface area contributed by atoms with Crippen LogP contribution in [0.4, 0.5) is 0 Å². The smallest absolute Gasteiger partial charge is 0.217 e. The maximum absolute atomic E-state index is 4.34. The zero-order valence-corrected chi connectivity index (χ0v) is 12.4. The first-order valence-electron chi connectivity index (χ1n) is 6.94. The number of hydrogen-bond donors (Lipinski definition) is 0. The Morgan fingerprint density at radius 1 is 1.29 bits per heavy atom. The summed E-state index contributed by atoms with van der Waals surface area (Å²) >= 11 is 1.50. The van der Waals surface area contributed by atoms with Crippen LogP contribution in [0.3, 0.4) is 0 Å². The lowest BCUT2D eigenvalue weighted by atomic mass is 10.3. The molecule has 0 amide bonds. The predicted molar refractivity (Wildman–Crippen MR) is 75.0 cm³/mol. The van der Waals surface area contributed by atoms with E-state index in [4.69, 9.17) is 0 Å². The minimum atomic E-state index is 0.414. The molecular weight excluding hydrogens is 288 g/mol. The van der Waals surface area contributed by atoms with Crippen LogP contribution in [0.25, 0.3) is 5.78 Å². The van der Waals surface area contributed by atoms with Gasteiger partial charge in [0, 0.05) is 5.69 Å². The summed E-state index contributed by atoms with van der Waals surface area (Å²) < 4.78 is 3.65. The van der Waals surface area contributed by atoms with Crippen LogP contribution in [-0.4, -0.2) is 39.8 Å². The highest BCUT2D eigenvalue weighted by atomic mass is 32.2. The van der Waals surface area contributed by atoms with Crippen molar-refractivity contribution in [3.8, 4) is 0 Å². The van der Waals surface area contributed by atoms with E-state index in [1.807, 2.05) is 17.7 Å². The van der Waals surface area contributed by atoms with Gasteiger partial charge in [0.1, 0.15) is 11.4 Å². The fourth-order valence-corrected chi connectivity index (χ4v) is 3.68. The van der Waals surface area contributed by atoms with Crippen molar-refractivity contribution in [2.45, 2.75) is 48.8 Å². The molecule has 1 saturated carbocycles. The van der Waals surface area contributed by atoms with E-state index in [-0.39, 0.29) is 0 Å². The number of aromatic nitrogens is 8. The normalized spacial score (nSPS) is 16.0. The van der Waals surface area contributed by atoms with Gasteiger partial charge < -0.3 is 0 Å². The van der Waals surface area contributed by atoms with Crippen LogP contribution < -0.4 is 0 Å². The van der Waals surface area contributed by atoms with Crippen molar-refractivity contribution in [2.24, 2.45) is 0 Å². The first kappa shape index (κ1) is 12.7. The SMILES string of the molecule is Cc1cc(Sc2nnnn2C2CCCC2)n2ncnc2n1. The highest BCUT2D eigenvalue weighted by Gasteiger charge is 2.22. The van der Waals surface area contributed by atoms with Crippen molar-refractivity contribution in [3.63, 3.8) is 0 Å². The second-order valence-corrected chi connectivity index (χ2v) is 6.14. The summed E-state index contributed by atoms with van der Waals surface area (Å²) in [5, 5.41) is 18.1. The van der Waals surface area contributed by atoms with Gasteiger partial charge in [-0.25, -0.2) is 9.67 Å². The Morgan fingerprint density at radius 3 is 3.00 bits per heavy atom. The lowest BCUT2D eigenvalue weighted by molar-refractivity contribution is 0.423. The average molecular weight is 302 g/mol. The highest BCUT2D eigenvalue weighted by molar-refractivity contribution is 7.99. The summed E-state index contributed by atoms with van der Waals surface area (Å²) in [4.78, 5) is 8.48. The van der Waals surface area contributed by atoms with Crippen LogP contribution in [0, 0.1) is 6.92 Å². The van der Waals surface area contributed by atoms with E-state index in [9.17, 15) is 0 Å². The van der Waals surface area contributed by atoms with E-state index in [0.717, 1.165) is 28.7 Å². The Labute approximate surface area is 125 Å². The third-order valence-electron chi connectivity index (χ3n) is 3.68. The van der Waals surface area contributed by atoms with Crippen molar-refractivity contribution in [1.29, 1.82) is 0 Å². The van der Waals surface area contributed by atoms with Gasteiger partial charge in [-0.2, -0.15) is 14.6 Å². The molecule has 0 aliphatic heterocycles. The second-order valence-electron chi connectivity index (χ2n) is 5.15. The minimum absolute atomic E-state index is 0.414. The fraction of sp³-hybridized carbons (Fsp3) is 0.500. The monoisotopic (exact) mass is 302 g/mol. The number of hydrogen-bond acceptors (Lipinski definition) is 7. The van der Waals surface area contributed by atoms with E-state index in [1.165, 1.54) is 30.9 Å². The maximum atomic E-state index is 4.34. The maximum Gasteiger partial charge on any atom is 0.253 e. The van der Waals surface area contributed by atoms with Gasteiger partial charge in [-0.1, -0.05) is 12.8 Å². The van der Waals surface area contributed by atoms with Crippen LogP contribution >= 0.6 is 11.8 Å². The van der Waals surface area contributed by atoms with Gasteiger partial charge in [0.05, 0.1) is 6.04 Å². The summed E-state index contributed by atoms with van der Waals surface area (Å²) in [5.41, 5.74) is 0.901. The highest BCUT2D eigenvalue weighted by Crippen LogP contribution is 2.33. The van der Waals surface area contributed by atoms with Crippen molar-refractivity contribution in [1.82, 2.24) is 39.8 Å². The Kier molecular flexibility index (Phi) is 3.06. The Balaban J connectivity index is 1.72. The molecule has 8 nitrogen and oxygen atoms in total. The Hall–Kier alpha value is -2.03. The molecule has 21 heavy (non-hydrogen) atoms. The molecule has 0 bridgehead atoms. The van der Waals surface area contributed by atoms with Crippen LogP contribution in [0.5, 0.6) is 0 Å². The number of aryl methyl sites for hydroxylation is 1. The first-order chi connectivity index (χ1) is 10.3. The minimum Gasteiger partial charge on any atom is -0.217 e. The molecule has 1 aliphatic rings. The number of tetrazole rings is 1. The molecule has 3 heterocycles. The zero-order chi connectivity index (χ0) is 14.2. The van der Waals surface area contributed by atoms with E-state index in [2.05, 4.69) is 30.6 Å². The summed E-state index contributed by atoms with van der Waals surface area (Å²) in [6.45, 7) is 1.94. The van der Waals surface area contributed by atoms with Gasteiger partial charge in [0.15, 0.2) is 0 Å². The zero-order valence-electron chi connectivity index (χ0n) is 11.5. The molecule has 0 radical (unpaired) electrons. The molecule has 0 saturated heterocycles. The van der Waals surface area contributed by atoms with Crippen LogP contribution in [0.1, 0.15) is 37.4 Å². The largest absolute Gasteiger partial charge is 0.253 e. The van der Waals surface area contributed by atoms with Crippen molar-refractivity contribution in [2.75, 3.05) is 0 Å². The summed E-state index contributed by atoms with van der Waals surface area (Å²) in [6, 6.07) is 2.39. The van der Waals surface area contributed by atoms with Gasteiger partial charge in [0.25, 0.3) is 5.78 Å². The average Bonchev–Trinajstić information content (AvgIpc) is 3.18. The van der Waals surface area contributed by atoms with Crippen LogP contribution in [0.2, 0.25) is 0 Å². The van der Waals surface area contributed by atoms with Gasteiger partial charge >= 0.3 is 0 Å². The molecule has 0 spiro atoms. The van der Waals surface area contributed by atoms with Gasteiger partial charge in [-0.3, -0.25) is 0 Å². The van der Waals surface area contributed by atoms with Crippen LogP contribution in [-0.2, 0) is 0 Å². The molecule has 0 N–H and O–H groups in total. The van der Waals surface area contributed by atoms with E-state index in [0.29, 0.717) is 11.8 Å². The summed E-state index contributed by atoms with van der Waals surface area (Å²) in [6.07, 6.45) is 6.29. The van der Waals surface area contributed by atoms with E-state index >= 15 is 0 Å². The quantitative estimate of drug-likeness (QED) is 0.680. The molecule has 108 valence electrons. The number of rotatable bonds is 3. The molecule has 1 fully saturated rings. The first-order valence-corrected chi connectivity index (χ1v) is 7.76. The fourth-order valence-electron chi connectivity index (χ4n) is 2.69. The molecule has 4 rings (SSSR count). The van der Waals surface area contributed by atoms with Crippen molar-refractivity contribution < 1.29 is 0 Å². The second kappa shape index (κ2) is 5.06. The Bertz CT molecular complexity index is 773. The topological polar surface area (TPSA) is 86.7 Å². The lowest BCUT2D eigenvalue weighted by Gasteiger charge is -2.11. The van der Waals surface area contributed by atoms with Gasteiger partial charge in [0.2, 0.25) is 5.16 Å². The molecule has 3 aromatic heterocycles. The molecule has 0 unspecified atom stereocenters. The molecule has 9 heteroatoms. The number of fused-ring (bicyclic) bond motifs is 1. The summed E-state index contributed by atoms with van der Waals surface area (Å²) in [5.74, 6) is 0.595. The number of nitrogens with zero attached hydrogens (tertiary/aromatic N) is 8. The van der Waals surface area contributed by atoms with Gasteiger partial charge in [-0.05, 0) is 48.0 Å². The molecule has 0 aromatic carbocycles. The van der Waals surface area contributed by atoms with Crippen molar-refractivity contribution >= 4 is 17.5 Å². The van der Waals surface area contributed by atoms with E-state index in [1.54, 1.807) is 4.52 Å². The summed E-state index contributed by atoms with van der Waals surface area (Å²) in [7, 11) is 0. The molecule has 1 aliphatic carbocycles. The molecule has 0 atom stereocenters.